The van der Waals surface area contributed by atoms with Crippen LogP contribution in [0.5, 0.6) is 11.5 Å². The Balaban J connectivity index is 1.45. The van der Waals surface area contributed by atoms with Crippen molar-refractivity contribution in [3.05, 3.63) is 48.0 Å². The molecule has 2 amide bonds. The van der Waals surface area contributed by atoms with Gasteiger partial charge in [-0.2, -0.15) is 4.31 Å². The van der Waals surface area contributed by atoms with Crippen molar-refractivity contribution in [1.82, 2.24) is 9.21 Å². The molecule has 2 heterocycles. The van der Waals surface area contributed by atoms with Gasteiger partial charge in [0.05, 0.1) is 37.9 Å². The minimum Gasteiger partial charge on any atom is -0.490 e. The van der Waals surface area contributed by atoms with Crippen LogP contribution in [0.4, 0.5) is 5.69 Å². The summed E-state index contributed by atoms with van der Waals surface area (Å²) in [5, 5.41) is 2.76. The quantitative estimate of drug-likeness (QED) is 0.655. The number of carbonyl (C=O) groups is 2. The van der Waals surface area contributed by atoms with Crippen LogP contribution in [0.2, 0.25) is 0 Å². The molecule has 34 heavy (non-hydrogen) atoms. The molecule has 4 rings (SSSR count). The Bertz CT molecular complexity index is 1160. The highest BCUT2D eigenvalue weighted by molar-refractivity contribution is 7.89. The van der Waals surface area contributed by atoms with E-state index in [1.807, 2.05) is 0 Å². The summed E-state index contributed by atoms with van der Waals surface area (Å²) in [4.78, 5) is 26.8. The van der Waals surface area contributed by atoms with Crippen LogP contribution < -0.4 is 14.8 Å². The lowest BCUT2D eigenvalue weighted by atomic mass is 10.2. The predicted octanol–water partition coefficient (Wildman–Crippen LogP) is 1.58. The Morgan fingerprint density at radius 1 is 1.00 bits per heavy atom. The van der Waals surface area contributed by atoms with Crippen LogP contribution in [0.1, 0.15) is 16.8 Å². The SMILES string of the molecule is CN(CC(=O)N1CCOCC1)S(=O)(=O)c1cccc(C(=O)Nc2ccc3c(c2)OCCCO3)c1. The highest BCUT2D eigenvalue weighted by Gasteiger charge is 2.27. The molecule has 1 N–H and O–H groups in total. The second-order valence-electron chi connectivity index (χ2n) is 7.95. The normalized spacial score (nSPS) is 16.1. The topological polar surface area (TPSA) is 114 Å². The summed E-state index contributed by atoms with van der Waals surface area (Å²) >= 11 is 0. The van der Waals surface area contributed by atoms with Gasteiger partial charge in [0.15, 0.2) is 11.5 Å². The molecule has 0 spiro atoms. The predicted molar refractivity (Wildman–Crippen MR) is 124 cm³/mol. The third-order valence-corrected chi connectivity index (χ3v) is 7.33. The van der Waals surface area contributed by atoms with Crippen molar-refractivity contribution in [3.63, 3.8) is 0 Å². The highest BCUT2D eigenvalue weighted by atomic mass is 32.2. The number of carbonyl (C=O) groups excluding carboxylic acids is 2. The van der Waals surface area contributed by atoms with E-state index in [-0.39, 0.29) is 22.9 Å². The van der Waals surface area contributed by atoms with Gasteiger partial charge in [-0.15, -0.1) is 0 Å². The van der Waals surface area contributed by atoms with Crippen molar-refractivity contribution in [1.29, 1.82) is 0 Å². The molecule has 0 unspecified atom stereocenters. The Morgan fingerprint density at radius 2 is 1.74 bits per heavy atom. The van der Waals surface area contributed by atoms with E-state index in [4.69, 9.17) is 14.2 Å². The maximum atomic E-state index is 13.0. The molecule has 0 radical (unpaired) electrons. The number of rotatable bonds is 6. The standard InChI is InChI=1S/C23H27N3O7S/c1-25(16-22(27)26-8-12-31-13-9-26)34(29,30)19-5-2-4-17(14-19)23(28)24-18-6-7-20-21(15-18)33-11-3-10-32-20/h2,4-7,14-15H,3,8-13,16H2,1H3,(H,24,28). The van der Waals surface area contributed by atoms with Crippen LogP contribution >= 0.6 is 0 Å². The number of nitrogens with one attached hydrogen (secondary N) is 1. The summed E-state index contributed by atoms with van der Waals surface area (Å²) in [6.45, 7) is 2.52. The molecule has 2 aromatic carbocycles. The zero-order chi connectivity index (χ0) is 24.1. The molecule has 0 saturated carbocycles. The molecular formula is C23H27N3O7S. The van der Waals surface area contributed by atoms with Gasteiger partial charge in [-0.1, -0.05) is 6.07 Å². The number of amides is 2. The zero-order valence-electron chi connectivity index (χ0n) is 18.9. The molecule has 11 heteroatoms. The van der Waals surface area contributed by atoms with E-state index in [2.05, 4.69) is 5.32 Å². The number of ether oxygens (including phenoxy) is 3. The van der Waals surface area contributed by atoms with Crippen LogP contribution in [-0.2, 0) is 19.6 Å². The van der Waals surface area contributed by atoms with E-state index in [9.17, 15) is 18.0 Å². The fourth-order valence-electron chi connectivity index (χ4n) is 3.61. The average Bonchev–Trinajstić information content (AvgIpc) is 3.09. The first-order valence-electron chi connectivity index (χ1n) is 11.0. The van der Waals surface area contributed by atoms with Gasteiger partial charge < -0.3 is 24.4 Å². The molecule has 1 fully saturated rings. The van der Waals surface area contributed by atoms with E-state index in [1.54, 1.807) is 23.1 Å². The lowest BCUT2D eigenvalue weighted by Gasteiger charge is -2.28. The Labute approximate surface area is 198 Å². The number of hydrogen-bond donors (Lipinski definition) is 1. The van der Waals surface area contributed by atoms with Gasteiger partial charge in [-0.25, -0.2) is 8.42 Å². The number of morpholine rings is 1. The van der Waals surface area contributed by atoms with Crippen LogP contribution in [0.25, 0.3) is 0 Å². The van der Waals surface area contributed by atoms with Crippen molar-refractivity contribution in [2.24, 2.45) is 0 Å². The highest BCUT2D eigenvalue weighted by Crippen LogP contribution is 2.32. The number of anilines is 1. The lowest BCUT2D eigenvalue weighted by molar-refractivity contribution is -0.135. The fraction of sp³-hybridized carbons (Fsp3) is 0.391. The molecule has 0 aliphatic carbocycles. The largest absolute Gasteiger partial charge is 0.490 e. The van der Waals surface area contributed by atoms with Gasteiger partial charge in [0.1, 0.15) is 0 Å². The molecular weight excluding hydrogens is 462 g/mol. The number of hydrogen-bond acceptors (Lipinski definition) is 7. The molecule has 0 bridgehead atoms. The fourth-order valence-corrected chi connectivity index (χ4v) is 4.78. The van der Waals surface area contributed by atoms with E-state index < -0.39 is 15.9 Å². The second kappa shape index (κ2) is 10.4. The zero-order valence-corrected chi connectivity index (χ0v) is 19.7. The summed E-state index contributed by atoms with van der Waals surface area (Å²) in [6.07, 6.45) is 0.768. The van der Waals surface area contributed by atoms with E-state index in [0.717, 1.165) is 10.7 Å². The maximum absolute atomic E-state index is 13.0. The first-order valence-corrected chi connectivity index (χ1v) is 12.4. The molecule has 0 aromatic heterocycles. The van der Waals surface area contributed by atoms with Crippen LogP contribution in [0, 0.1) is 0 Å². The molecule has 182 valence electrons. The average molecular weight is 490 g/mol. The van der Waals surface area contributed by atoms with E-state index >= 15 is 0 Å². The van der Waals surface area contributed by atoms with Crippen LogP contribution in [0.3, 0.4) is 0 Å². The van der Waals surface area contributed by atoms with Crippen LogP contribution in [-0.4, -0.2) is 82.5 Å². The molecule has 10 nitrogen and oxygen atoms in total. The van der Waals surface area contributed by atoms with E-state index in [0.29, 0.717) is 56.7 Å². The van der Waals surface area contributed by atoms with Gasteiger partial charge in [0, 0.05) is 43.9 Å². The summed E-state index contributed by atoms with van der Waals surface area (Å²) in [5.41, 5.74) is 0.664. The summed E-state index contributed by atoms with van der Waals surface area (Å²) in [6, 6.07) is 10.8. The van der Waals surface area contributed by atoms with E-state index in [1.165, 1.54) is 31.3 Å². The summed E-state index contributed by atoms with van der Waals surface area (Å²) < 4.78 is 43.5. The molecule has 2 aliphatic heterocycles. The van der Waals surface area contributed by atoms with Crippen LogP contribution in [0.15, 0.2) is 47.4 Å². The number of fused-ring (bicyclic) bond motifs is 1. The van der Waals surface area contributed by atoms with Gasteiger partial charge >= 0.3 is 0 Å². The first kappa shape index (κ1) is 24.0. The second-order valence-corrected chi connectivity index (χ2v) is 9.99. The molecule has 1 saturated heterocycles. The Hall–Kier alpha value is -3.15. The van der Waals surface area contributed by atoms with Gasteiger partial charge in [-0.05, 0) is 30.3 Å². The Kier molecular flexibility index (Phi) is 7.35. The van der Waals surface area contributed by atoms with Crippen molar-refractivity contribution in [2.75, 3.05) is 58.4 Å². The van der Waals surface area contributed by atoms with Gasteiger partial charge in [-0.3, -0.25) is 9.59 Å². The third kappa shape index (κ3) is 5.49. The number of benzene rings is 2. The lowest BCUT2D eigenvalue weighted by Crippen LogP contribution is -2.46. The van der Waals surface area contributed by atoms with Crippen molar-refractivity contribution < 1.29 is 32.2 Å². The summed E-state index contributed by atoms with van der Waals surface area (Å²) in [7, 11) is -2.63. The van der Waals surface area contributed by atoms with Gasteiger partial charge in [0.2, 0.25) is 15.9 Å². The monoisotopic (exact) mass is 489 g/mol. The summed E-state index contributed by atoms with van der Waals surface area (Å²) in [5.74, 6) is 0.382. The minimum atomic E-state index is -3.98. The third-order valence-electron chi connectivity index (χ3n) is 5.53. The Morgan fingerprint density at radius 3 is 2.50 bits per heavy atom. The number of nitrogens with zero attached hydrogens (tertiary/aromatic N) is 2. The number of sulfonamides is 1. The maximum Gasteiger partial charge on any atom is 0.255 e. The van der Waals surface area contributed by atoms with Crippen molar-refractivity contribution in [3.8, 4) is 11.5 Å². The van der Waals surface area contributed by atoms with Crippen molar-refractivity contribution in [2.45, 2.75) is 11.3 Å². The smallest absolute Gasteiger partial charge is 0.255 e. The molecule has 2 aromatic rings. The van der Waals surface area contributed by atoms with Gasteiger partial charge in [0.25, 0.3) is 5.91 Å². The minimum absolute atomic E-state index is 0.0731. The molecule has 2 aliphatic rings. The first-order chi connectivity index (χ1) is 16.3. The van der Waals surface area contributed by atoms with Crippen molar-refractivity contribution >= 4 is 27.5 Å². The molecule has 0 atom stereocenters. The number of likely N-dealkylation sites (N-methyl/N-ethyl adjacent to an activating group) is 1.